The molecule has 0 saturated heterocycles. The molecule has 0 heterocycles. The summed E-state index contributed by atoms with van der Waals surface area (Å²) in [7, 11) is 1.91. The second-order valence-corrected chi connectivity index (χ2v) is 6.06. The molecule has 0 fully saturated rings. The zero-order valence-corrected chi connectivity index (χ0v) is 11.7. The minimum absolute atomic E-state index is 0.214. The topological polar surface area (TPSA) is 12.0 Å². The van der Waals surface area contributed by atoms with Crippen molar-refractivity contribution in [2.75, 3.05) is 7.05 Å². The van der Waals surface area contributed by atoms with E-state index in [1.54, 1.807) is 12.1 Å². The molecule has 1 unspecified atom stereocenters. The lowest BCUT2D eigenvalue weighted by Gasteiger charge is -2.26. The average Bonchev–Trinajstić information content (AvgIpc) is 2.20. The molecule has 1 aromatic carbocycles. The van der Waals surface area contributed by atoms with Crippen LogP contribution in [0.25, 0.3) is 0 Å². The van der Waals surface area contributed by atoms with Crippen molar-refractivity contribution in [3.05, 3.63) is 34.6 Å². The van der Waals surface area contributed by atoms with E-state index in [1.165, 1.54) is 6.07 Å². The molecular weight excluding hydrogens is 237 g/mol. The van der Waals surface area contributed by atoms with E-state index in [0.717, 1.165) is 6.42 Å². The highest BCUT2D eigenvalue weighted by Crippen LogP contribution is 2.26. The number of rotatable bonds is 4. The average molecular weight is 258 g/mol. The molecular formula is C14H21ClFN. The van der Waals surface area contributed by atoms with Gasteiger partial charge in [0.25, 0.3) is 0 Å². The predicted octanol–water partition coefficient (Wildman–Crippen LogP) is 4.05. The largest absolute Gasteiger partial charge is 0.317 e. The van der Waals surface area contributed by atoms with Gasteiger partial charge in [0.05, 0.1) is 0 Å². The van der Waals surface area contributed by atoms with Gasteiger partial charge in [0.2, 0.25) is 0 Å². The fraction of sp³-hybridized carbons (Fsp3) is 0.571. The third-order valence-electron chi connectivity index (χ3n) is 2.78. The Balaban J connectivity index is 2.81. The summed E-state index contributed by atoms with van der Waals surface area (Å²) < 4.78 is 13.7. The van der Waals surface area contributed by atoms with Crippen LogP contribution in [0.2, 0.25) is 5.02 Å². The molecule has 3 heteroatoms. The summed E-state index contributed by atoms with van der Waals surface area (Å²) in [5.74, 6) is -0.216. The monoisotopic (exact) mass is 257 g/mol. The SMILES string of the molecule is CNC(Cc1c(F)cccc1Cl)CC(C)(C)C. The van der Waals surface area contributed by atoms with E-state index in [-0.39, 0.29) is 17.3 Å². The molecule has 1 nitrogen and oxygen atoms in total. The Kier molecular flexibility index (Phi) is 4.96. The number of halogens is 2. The molecule has 0 aliphatic carbocycles. The fourth-order valence-corrected chi connectivity index (χ4v) is 2.23. The van der Waals surface area contributed by atoms with Crippen LogP contribution in [0.4, 0.5) is 4.39 Å². The first kappa shape index (κ1) is 14.5. The van der Waals surface area contributed by atoms with Crippen molar-refractivity contribution in [2.24, 2.45) is 5.41 Å². The smallest absolute Gasteiger partial charge is 0.127 e. The molecule has 17 heavy (non-hydrogen) atoms. The van der Waals surface area contributed by atoms with Gasteiger partial charge in [-0.3, -0.25) is 0 Å². The predicted molar refractivity (Wildman–Crippen MR) is 72.0 cm³/mol. The molecule has 1 aromatic rings. The third-order valence-corrected chi connectivity index (χ3v) is 3.13. The lowest BCUT2D eigenvalue weighted by Crippen LogP contribution is -2.32. The molecule has 0 amide bonds. The first-order chi connectivity index (χ1) is 7.83. The van der Waals surface area contributed by atoms with Gasteiger partial charge in [-0.1, -0.05) is 38.4 Å². The van der Waals surface area contributed by atoms with Gasteiger partial charge in [-0.2, -0.15) is 0 Å². The van der Waals surface area contributed by atoms with E-state index < -0.39 is 0 Å². The van der Waals surface area contributed by atoms with Gasteiger partial charge in [0.1, 0.15) is 5.82 Å². The second kappa shape index (κ2) is 5.83. The van der Waals surface area contributed by atoms with Crippen LogP contribution < -0.4 is 5.32 Å². The molecule has 0 saturated carbocycles. The van der Waals surface area contributed by atoms with Gasteiger partial charge < -0.3 is 5.32 Å². The Morgan fingerprint density at radius 1 is 1.35 bits per heavy atom. The van der Waals surface area contributed by atoms with E-state index in [9.17, 15) is 4.39 Å². The summed E-state index contributed by atoms with van der Waals surface area (Å²) in [5.41, 5.74) is 0.823. The fourth-order valence-electron chi connectivity index (χ4n) is 1.99. The number of hydrogen-bond acceptors (Lipinski definition) is 1. The van der Waals surface area contributed by atoms with Crippen molar-refractivity contribution >= 4 is 11.6 Å². The van der Waals surface area contributed by atoms with Crippen molar-refractivity contribution in [1.82, 2.24) is 5.32 Å². The van der Waals surface area contributed by atoms with E-state index in [0.29, 0.717) is 17.0 Å². The maximum atomic E-state index is 13.7. The molecule has 1 N–H and O–H groups in total. The van der Waals surface area contributed by atoms with Crippen LogP contribution in [0, 0.1) is 11.2 Å². The normalized spacial score (nSPS) is 13.8. The Morgan fingerprint density at radius 2 is 2.00 bits per heavy atom. The van der Waals surface area contributed by atoms with Crippen LogP contribution >= 0.6 is 11.6 Å². The van der Waals surface area contributed by atoms with Crippen molar-refractivity contribution in [3.8, 4) is 0 Å². The third kappa shape index (κ3) is 4.64. The zero-order chi connectivity index (χ0) is 13.1. The molecule has 0 aromatic heterocycles. The summed E-state index contributed by atoms with van der Waals surface area (Å²) in [4.78, 5) is 0. The number of nitrogens with one attached hydrogen (secondary N) is 1. The molecule has 0 radical (unpaired) electrons. The highest BCUT2D eigenvalue weighted by Gasteiger charge is 2.20. The summed E-state index contributed by atoms with van der Waals surface area (Å²) in [6.45, 7) is 6.54. The Morgan fingerprint density at radius 3 is 2.47 bits per heavy atom. The first-order valence-corrected chi connectivity index (χ1v) is 6.31. The van der Waals surface area contributed by atoms with Gasteiger partial charge in [-0.15, -0.1) is 0 Å². The van der Waals surface area contributed by atoms with Gasteiger partial charge in [0.15, 0.2) is 0 Å². The van der Waals surface area contributed by atoms with Crippen molar-refractivity contribution in [1.29, 1.82) is 0 Å². The van der Waals surface area contributed by atoms with Gasteiger partial charge >= 0.3 is 0 Å². The van der Waals surface area contributed by atoms with Crippen LogP contribution in [0.1, 0.15) is 32.8 Å². The lowest BCUT2D eigenvalue weighted by molar-refractivity contribution is 0.314. The molecule has 0 aliphatic heterocycles. The standard InChI is InChI=1S/C14H21ClFN/c1-14(2,3)9-10(17-4)8-11-12(15)6-5-7-13(11)16/h5-7,10,17H,8-9H2,1-4H3. The van der Waals surface area contributed by atoms with Gasteiger partial charge in [-0.25, -0.2) is 4.39 Å². The number of likely N-dealkylation sites (N-methyl/N-ethyl adjacent to an activating group) is 1. The number of hydrogen-bond donors (Lipinski definition) is 1. The Labute approximate surface area is 108 Å². The van der Waals surface area contributed by atoms with E-state index in [1.807, 2.05) is 7.05 Å². The highest BCUT2D eigenvalue weighted by molar-refractivity contribution is 6.31. The summed E-state index contributed by atoms with van der Waals surface area (Å²) in [6.07, 6.45) is 1.60. The molecule has 1 rings (SSSR count). The summed E-state index contributed by atoms with van der Waals surface area (Å²) in [6, 6.07) is 5.08. The first-order valence-electron chi connectivity index (χ1n) is 5.93. The van der Waals surface area contributed by atoms with Crippen LogP contribution in [-0.2, 0) is 6.42 Å². The molecule has 0 aliphatic rings. The zero-order valence-electron chi connectivity index (χ0n) is 11.0. The summed E-state index contributed by atoms with van der Waals surface area (Å²) >= 11 is 6.03. The van der Waals surface area contributed by atoms with Crippen molar-refractivity contribution in [3.63, 3.8) is 0 Å². The molecule has 96 valence electrons. The van der Waals surface area contributed by atoms with E-state index in [4.69, 9.17) is 11.6 Å². The van der Waals surface area contributed by atoms with Crippen molar-refractivity contribution < 1.29 is 4.39 Å². The second-order valence-electron chi connectivity index (χ2n) is 5.65. The van der Waals surface area contributed by atoms with Crippen LogP contribution in [-0.4, -0.2) is 13.1 Å². The lowest BCUT2D eigenvalue weighted by atomic mass is 9.86. The van der Waals surface area contributed by atoms with E-state index >= 15 is 0 Å². The van der Waals surface area contributed by atoms with Gasteiger partial charge in [-0.05, 0) is 37.4 Å². The maximum absolute atomic E-state index is 13.7. The summed E-state index contributed by atoms with van der Waals surface area (Å²) in [5, 5.41) is 3.75. The minimum atomic E-state index is -0.216. The van der Waals surface area contributed by atoms with E-state index in [2.05, 4.69) is 26.1 Å². The molecule has 1 atom stereocenters. The van der Waals surface area contributed by atoms with Crippen molar-refractivity contribution in [2.45, 2.75) is 39.7 Å². The Bertz CT molecular complexity index is 351. The maximum Gasteiger partial charge on any atom is 0.127 e. The van der Waals surface area contributed by atoms with Crippen LogP contribution in [0.3, 0.4) is 0 Å². The number of benzene rings is 1. The van der Waals surface area contributed by atoms with Crippen LogP contribution in [0.5, 0.6) is 0 Å². The minimum Gasteiger partial charge on any atom is -0.317 e. The Hall–Kier alpha value is -0.600. The van der Waals surface area contributed by atoms with Crippen LogP contribution in [0.15, 0.2) is 18.2 Å². The van der Waals surface area contributed by atoms with Gasteiger partial charge in [0, 0.05) is 16.6 Å². The molecule has 0 spiro atoms. The highest BCUT2D eigenvalue weighted by atomic mass is 35.5. The molecule has 0 bridgehead atoms. The quantitative estimate of drug-likeness (QED) is 0.858.